The van der Waals surface area contributed by atoms with Crippen LogP contribution < -0.4 is 5.73 Å². The summed E-state index contributed by atoms with van der Waals surface area (Å²) in [5.74, 6) is 0. The van der Waals surface area contributed by atoms with Crippen molar-refractivity contribution >= 4 is 11.8 Å². The topological polar surface area (TPSA) is 26.0 Å². The van der Waals surface area contributed by atoms with Gasteiger partial charge in [0.1, 0.15) is 0 Å². The molecule has 0 aliphatic rings. The third kappa shape index (κ3) is 4.96. The average molecular weight is 171 g/mol. The van der Waals surface area contributed by atoms with E-state index in [4.69, 9.17) is 5.73 Å². The van der Waals surface area contributed by atoms with Crippen LogP contribution >= 0.6 is 11.8 Å². The smallest absolute Gasteiger partial charge is 0.0135 e. The molecule has 0 unspecified atom stereocenters. The highest BCUT2D eigenvalue weighted by molar-refractivity contribution is 8.01. The molecule has 2 N–H and O–H groups in total. The fraction of sp³-hybridized carbons (Fsp3) is 0.556. The van der Waals surface area contributed by atoms with Gasteiger partial charge in [-0.1, -0.05) is 26.8 Å². The normalized spacial score (nSPS) is 14.4. The maximum atomic E-state index is 5.79. The summed E-state index contributed by atoms with van der Waals surface area (Å²) in [5, 5.41) is 2.01. The average Bonchev–Trinajstić information content (AvgIpc) is 1.86. The van der Waals surface area contributed by atoms with Gasteiger partial charge in [-0.25, -0.2) is 0 Å². The zero-order valence-corrected chi connectivity index (χ0v) is 8.53. The molecular weight excluding hydrogens is 154 g/mol. The van der Waals surface area contributed by atoms with Gasteiger partial charge in [-0.3, -0.25) is 0 Å². The molecule has 0 aliphatic carbocycles. The van der Waals surface area contributed by atoms with Crippen LogP contribution in [0.5, 0.6) is 0 Å². The van der Waals surface area contributed by atoms with E-state index in [1.54, 1.807) is 11.8 Å². The lowest BCUT2D eigenvalue weighted by atomic mass is 9.92. The zero-order chi connectivity index (χ0) is 8.91. The molecule has 0 bridgehead atoms. The molecule has 0 aromatic rings. The van der Waals surface area contributed by atoms with E-state index in [1.165, 1.54) is 0 Å². The number of rotatable bonds is 2. The molecular formula is C9H17NS. The van der Waals surface area contributed by atoms with Crippen molar-refractivity contribution < 1.29 is 0 Å². The molecule has 0 radical (unpaired) electrons. The fourth-order valence-corrected chi connectivity index (χ4v) is 0.707. The molecule has 0 heterocycles. The first-order chi connectivity index (χ1) is 4.98. The molecule has 0 saturated carbocycles. The van der Waals surface area contributed by atoms with Crippen molar-refractivity contribution in [1.29, 1.82) is 0 Å². The SMILES string of the molecule is CS/C=C/C=C(\N)C(C)(C)C. The second-order valence-electron chi connectivity index (χ2n) is 3.44. The summed E-state index contributed by atoms with van der Waals surface area (Å²) in [6.07, 6.45) is 5.96. The van der Waals surface area contributed by atoms with Crippen LogP contribution in [0.4, 0.5) is 0 Å². The fourth-order valence-electron chi connectivity index (χ4n) is 0.472. The Labute approximate surface area is 73.7 Å². The predicted octanol–water partition coefficient (Wildman–Crippen LogP) is 2.75. The summed E-state index contributed by atoms with van der Waals surface area (Å²) >= 11 is 1.67. The van der Waals surface area contributed by atoms with Gasteiger partial charge in [0.15, 0.2) is 0 Å². The van der Waals surface area contributed by atoms with Gasteiger partial charge in [0.25, 0.3) is 0 Å². The standard InChI is InChI=1S/C9H17NS/c1-9(2,3)8(10)6-5-7-11-4/h5-7H,10H2,1-4H3/b7-5+,8-6-. The van der Waals surface area contributed by atoms with E-state index in [0.717, 1.165) is 5.70 Å². The van der Waals surface area contributed by atoms with E-state index in [-0.39, 0.29) is 5.41 Å². The van der Waals surface area contributed by atoms with Crippen molar-refractivity contribution in [2.24, 2.45) is 11.1 Å². The minimum Gasteiger partial charge on any atom is -0.402 e. The van der Waals surface area contributed by atoms with E-state index in [0.29, 0.717) is 0 Å². The lowest BCUT2D eigenvalue weighted by molar-refractivity contribution is 0.497. The third-order valence-electron chi connectivity index (χ3n) is 1.36. The summed E-state index contributed by atoms with van der Waals surface area (Å²) in [7, 11) is 0. The van der Waals surface area contributed by atoms with Crippen LogP contribution in [0, 0.1) is 5.41 Å². The van der Waals surface area contributed by atoms with Crippen LogP contribution in [0.1, 0.15) is 20.8 Å². The Morgan fingerprint density at radius 1 is 1.36 bits per heavy atom. The van der Waals surface area contributed by atoms with Gasteiger partial charge in [0.2, 0.25) is 0 Å². The Morgan fingerprint density at radius 3 is 2.27 bits per heavy atom. The van der Waals surface area contributed by atoms with Gasteiger partial charge in [-0.2, -0.15) is 0 Å². The molecule has 0 spiro atoms. The molecule has 0 rings (SSSR count). The molecule has 0 fully saturated rings. The number of thioether (sulfide) groups is 1. The zero-order valence-electron chi connectivity index (χ0n) is 7.72. The molecule has 0 saturated heterocycles. The summed E-state index contributed by atoms with van der Waals surface area (Å²) in [5.41, 5.74) is 6.80. The Balaban J connectivity index is 4.12. The van der Waals surface area contributed by atoms with Gasteiger partial charge >= 0.3 is 0 Å². The maximum Gasteiger partial charge on any atom is 0.0135 e. The number of hydrogen-bond donors (Lipinski definition) is 1. The van der Waals surface area contributed by atoms with Crippen molar-refractivity contribution in [2.45, 2.75) is 20.8 Å². The first kappa shape index (κ1) is 10.6. The summed E-state index contributed by atoms with van der Waals surface area (Å²) < 4.78 is 0. The highest BCUT2D eigenvalue weighted by atomic mass is 32.2. The van der Waals surface area contributed by atoms with Crippen LogP contribution in [-0.4, -0.2) is 6.26 Å². The van der Waals surface area contributed by atoms with Gasteiger partial charge in [0.05, 0.1) is 0 Å². The molecule has 0 atom stereocenters. The number of nitrogens with two attached hydrogens (primary N) is 1. The summed E-state index contributed by atoms with van der Waals surface area (Å²) in [4.78, 5) is 0. The van der Waals surface area contributed by atoms with E-state index in [1.807, 2.05) is 23.8 Å². The van der Waals surface area contributed by atoms with Gasteiger partial charge < -0.3 is 5.73 Å². The maximum absolute atomic E-state index is 5.79. The predicted molar refractivity (Wildman–Crippen MR) is 54.4 cm³/mol. The molecule has 0 aromatic heterocycles. The summed E-state index contributed by atoms with van der Waals surface area (Å²) in [6.45, 7) is 6.31. The first-order valence-corrected chi connectivity index (χ1v) is 4.93. The van der Waals surface area contributed by atoms with E-state index < -0.39 is 0 Å². The second-order valence-corrected chi connectivity index (χ2v) is 4.18. The first-order valence-electron chi connectivity index (χ1n) is 3.64. The van der Waals surface area contributed by atoms with Gasteiger partial charge in [-0.05, 0) is 17.7 Å². The largest absolute Gasteiger partial charge is 0.402 e. The monoisotopic (exact) mass is 171 g/mol. The minimum atomic E-state index is 0.0861. The molecule has 0 aliphatic heterocycles. The van der Waals surface area contributed by atoms with E-state index in [9.17, 15) is 0 Å². The lowest BCUT2D eigenvalue weighted by Crippen LogP contribution is -2.16. The number of allylic oxidation sites excluding steroid dienone is 3. The highest BCUT2D eigenvalue weighted by Gasteiger charge is 2.11. The molecule has 11 heavy (non-hydrogen) atoms. The van der Waals surface area contributed by atoms with E-state index in [2.05, 4.69) is 20.8 Å². The Morgan fingerprint density at radius 2 is 1.91 bits per heavy atom. The van der Waals surface area contributed by atoms with Crippen molar-refractivity contribution in [2.75, 3.05) is 6.26 Å². The molecule has 0 aromatic carbocycles. The highest BCUT2D eigenvalue weighted by Crippen LogP contribution is 2.20. The van der Waals surface area contributed by atoms with Crippen LogP contribution in [0.3, 0.4) is 0 Å². The lowest BCUT2D eigenvalue weighted by Gasteiger charge is -2.18. The molecule has 1 nitrogen and oxygen atoms in total. The van der Waals surface area contributed by atoms with Gasteiger partial charge in [-0.15, -0.1) is 11.8 Å². The minimum absolute atomic E-state index is 0.0861. The quantitative estimate of drug-likeness (QED) is 0.646. The van der Waals surface area contributed by atoms with Crippen molar-refractivity contribution in [3.8, 4) is 0 Å². The Kier molecular flexibility index (Phi) is 4.34. The third-order valence-corrected chi connectivity index (χ3v) is 1.79. The second kappa shape index (κ2) is 4.50. The van der Waals surface area contributed by atoms with E-state index >= 15 is 0 Å². The Bertz CT molecular complexity index is 163. The van der Waals surface area contributed by atoms with Crippen molar-refractivity contribution in [3.63, 3.8) is 0 Å². The van der Waals surface area contributed by atoms with Gasteiger partial charge in [0, 0.05) is 11.1 Å². The van der Waals surface area contributed by atoms with Crippen molar-refractivity contribution in [3.05, 3.63) is 23.3 Å². The summed E-state index contributed by atoms with van der Waals surface area (Å²) in [6, 6.07) is 0. The van der Waals surface area contributed by atoms with Crippen LogP contribution in [0.2, 0.25) is 0 Å². The van der Waals surface area contributed by atoms with Crippen molar-refractivity contribution in [1.82, 2.24) is 0 Å². The number of hydrogen-bond acceptors (Lipinski definition) is 2. The van der Waals surface area contributed by atoms with Crippen LogP contribution in [-0.2, 0) is 0 Å². The van der Waals surface area contributed by atoms with Crippen LogP contribution in [0.15, 0.2) is 23.3 Å². The molecule has 0 amide bonds. The molecule has 2 heteroatoms. The van der Waals surface area contributed by atoms with Crippen LogP contribution in [0.25, 0.3) is 0 Å². The Hall–Kier alpha value is -0.370. The molecule has 64 valence electrons.